The van der Waals surface area contributed by atoms with Crippen LogP contribution in [0.2, 0.25) is 5.02 Å². The SMILES string of the molecule is O=[N+]([O-])c1cnc(Sc2nnc(Nc3ccccc3Cl)s2)s1. The second kappa shape index (κ2) is 6.57. The molecule has 22 heavy (non-hydrogen) atoms. The van der Waals surface area contributed by atoms with Gasteiger partial charge in [0.25, 0.3) is 0 Å². The van der Waals surface area contributed by atoms with Crippen molar-refractivity contribution in [1.82, 2.24) is 15.2 Å². The molecule has 0 aliphatic carbocycles. The maximum atomic E-state index is 10.6. The summed E-state index contributed by atoms with van der Waals surface area (Å²) >= 11 is 9.61. The topological polar surface area (TPSA) is 93.8 Å². The summed E-state index contributed by atoms with van der Waals surface area (Å²) in [6.45, 7) is 0. The average molecular weight is 372 g/mol. The number of benzene rings is 1. The third-order valence-corrected chi connectivity index (χ3v) is 5.59. The third-order valence-electron chi connectivity index (χ3n) is 2.35. The predicted molar refractivity (Wildman–Crippen MR) is 87.5 cm³/mol. The van der Waals surface area contributed by atoms with E-state index in [0.29, 0.717) is 18.8 Å². The largest absolute Gasteiger partial charge is 0.344 e. The Morgan fingerprint density at radius 3 is 2.77 bits per heavy atom. The lowest BCUT2D eigenvalue weighted by Crippen LogP contribution is -1.89. The smallest absolute Gasteiger partial charge is 0.329 e. The van der Waals surface area contributed by atoms with E-state index in [-0.39, 0.29) is 5.00 Å². The van der Waals surface area contributed by atoms with Crippen molar-refractivity contribution in [2.24, 2.45) is 0 Å². The Hall–Kier alpha value is -1.75. The van der Waals surface area contributed by atoms with Crippen molar-refractivity contribution in [3.63, 3.8) is 0 Å². The molecule has 2 heterocycles. The molecule has 112 valence electrons. The first-order valence-corrected chi connectivity index (χ1v) is 8.57. The number of anilines is 2. The molecule has 11 heteroatoms. The molecule has 0 aliphatic rings. The lowest BCUT2D eigenvalue weighted by Gasteiger charge is -2.02. The zero-order chi connectivity index (χ0) is 15.5. The Morgan fingerprint density at radius 2 is 2.05 bits per heavy atom. The van der Waals surface area contributed by atoms with E-state index in [1.165, 1.54) is 29.3 Å². The second-order valence-electron chi connectivity index (χ2n) is 3.80. The number of thiazole rings is 1. The van der Waals surface area contributed by atoms with Crippen molar-refractivity contribution in [1.29, 1.82) is 0 Å². The van der Waals surface area contributed by atoms with Gasteiger partial charge in [-0.2, -0.15) is 0 Å². The summed E-state index contributed by atoms with van der Waals surface area (Å²) in [7, 11) is 0. The van der Waals surface area contributed by atoms with E-state index < -0.39 is 4.92 Å². The van der Waals surface area contributed by atoms with Crippen molar-refractivity contribution in [3.8, 4) is 0 Å². The van der Waals surface area contributed by atoms with Crippen molar-refractivity contribution >= 4 is 61.9 Å². The molecular formula is C11H6ClN5O2S3. The lowest BCUT2D eigenvalue weighted by atomic mass is 10.3. The molecule has 0 fully saturated rings. The molecule has 0 bridgehead atoms. The highest BCUT2D eigenvalue weighted by molar-refractivity contribution is 8.02. The Labute approximate surface area is 141 Å². The van der Waals surface area contributed by atoms with E-state index in [1.54, 1.807) is 6.07 Å². The first-order valence-electron chi connectivity index (χ1n) is 5.75. The minimum atomic E-state index is -0.466. The summed E-state index contributed by atoms with van der Waals surface area (Å²) < 4.78 is 1.19. The number of para-hydroxylation sites is 1. The molecule has 0 aliphatic heterocycles. The fraction of sp³-hybridized carbons (Fsp3) is 0. The van der Waals surface area contributed by atoms with E-state index >= 15 is 0 Å². The van der Waals surface area contributed by atoms with Crippen molar-refractivity contribution in [3.05, 3.63) is 45.6 Å². The highest BCUT2D eigenvalue weighted by Gasteiger charge is 2.14. The molecule has 3 aromatic rings. The van der Waals surface area contributed by atoms with Gasteiger partial charge in [0.1, 0.15) is 6.20 Å². The van der Waals surface area contributed by atoms with Crippen LogP contribution in [-0.4, -0.2) is 20.1 Å². The zero-order valence-corrected chi connectivity index (χ0v) is 13.8. The lowest BCUT2D eigenvalue weighted by molar-refractivity contribution is -0.380. The molecule has 3 rings (SSSR count). The molecule has 0 saturated heterocycles. The first-order chi connectivity index (χ1) is 10.6. The van der Waals surface area contributed by atoms with E-state index in [4.69, 9.17) is 11.6 Å². The summed E-state index contributed by atoms with van der Waals surface area (Å²) in [5, 5.41) is 22.9. The number of aromatic nitrogens is 3. The summed E-state index contributed by atoms with van der Waals surface area (Å²) in [4.78, 5) is 14.1. The molecule has 0 atom stereocenters. The molecular weight excluding hydrogens is 366 g/mol. The van der Waals surface area contributed by atoms with Crippen LogP contribution in [0.4, 0.5) is 15.8 Å². The van der Waals surface area contributed by atoms with E-state index in [1.807, 2.05) is 18.2 Å². The number of nitro groups is 1. The maximum absolute atomic E-state index is 10.6. The minimum absolute atomic E-state index is 0.00133. The maximum Gasteiger partial charge on any atom is 0.344 e. The molecule has 0 spiro atoms. The molecule has 2 aromatic heterocycles. The number of hydrogen-bond donors (Lipinski definition) is 1. The van der Waals surface area contributed by atoms with Crippen LogP contribution in [0, 0.1) is 10.1 Å². The molecule has 0 unspecified atom stereocenters. The fourth-order valence-corrected chi connectivity index (χ4v) is 4.37. The monoisotopic (exact) mass is 371 g/mol. The van der Waals surface area contributed by atoms with E-state index in [9.17, 15) is 10.1 Å². The van der Waals surface area contributed by atoms with E-state index in [0.717, 1.165) is 17.0 Å². The van der Waals surface area contributed by atoms with Crippen LogP contribution in [-0.2, 0) is 0 Å². The van der Waals surface area contributed by atoms with Gasteiger partial charge in [0.2, 0.25) is 5.13 Å². The number of nitrogens with one attached hydrogen (secondary N) is 1. The molecule has 1 aromatic carbocycles. The van der Waals surface area contributed by atoms with Gasteiger partial charge in [-0.1, -0.05) is 35.1 Å². The van der Waals surface area contributed by atoms with Crippen LogP contribution < -0.4 is 5.32 Å². The molecule has 1 N–H and O–H groups in total. The van der Waals surface area contributed by atoms with Crippen LogP contribution in [0.25, 0.3) is 0 Å². The summed E-state index contributed by atoms with van der Waals surface area (Å²) in [6, 6.07) is 7.31. The van der Waals surface area contributed by atoms with Crippen molar-refractivity contribution < 1.29 is 4.92 Å². The van der Waals surface area contributed by atoms with Gasteiger partial charge < -0.3 is 5.32 Å². The van der Waals surface area contributed by atoms with Crippen LogP contribution in [0.15, 0.2) is 39.1 Å². The number of halogens is 1. The Bertz CT molecular complexity index is 821. The van der Waals surface area contributed by atoms with Gasteiger partial charge in [0.05, 0.1) is 15.6 Å². The van der Waals surface area contributed by atoms with Crippen LogP contribution in [0.5, 0.6) is 0 Å². The van der Waals surface area contributed by atoms with Gasteiger partial charge in [-0.05, 0) is 35.2 Å². The highest BCUT2D eigenvalue weighted by Crippen LogP contribution is 2.37. The summed E-state index contributed by atoms with van der Waals surface area (Å²) in [6.07, 6.45) is 1.23. The highest BCUT2D eigenvalue weighted by atomic mass is 35.5. The number of rotatable bonds is 5. The molecule has 7 nitrogen and oxygen atoms in total. The summed E-state index contributed by atoms with van der Waals surface area (Å²) in [5.74, 6) is 0. The second-order valence-corrected chi connectivity index (χ2v) is 7.69. The van der Waals surface area contributed by atoms with Crippen molar-refractivity contribution in [2.45, 2.75) is 8.68 Å². The van der Waals surface area contributed by atoms with Crippen molar-refractivity contribution in [2.75, 3.05) is 5.32 Å². The predicted octanol–water partition coefficient (Wildman–Crippen LogP) is 4.45. The van der Waals surface area contributed by atoms with Gasteiger partial charge >= 0.3 is 5.00 Å². The van der Waals surface area contributed by atoms with Crippen LogP contribution in [0.3, 0.4) is 0 Å². The minimum Gasteiger partial charge on any atom is -0.329 e. The van der Waals surface area contributed by atoms with Gasteiger partial charge in [0.15, 0.2) is 8.68 Å². The third kappa shape index (κ3) is 3.53. The van der Waals surface area contributed by atoms with Gasteiger partial charge in [0, 0.05) is 0 Å². The first kappa shape index (κ1) is 15.2. The van der Waals surface area contributed by atoms with Crippen LogP contribution >= 0.6 is 46.0 Å². The van der Waals surface area contributed by atoms with Gasteiger partial charge in [-0.25, -0.2) is 4.98 Å². The Morgan fingerprint density at radius 1 is 1.23 bits per heavy atom. The van der Waals surface area contributed by atoms with Gasteiger partial charge in [-0.15, -0.1) is 10.2 Å². The zero-order valence-electron chi connectivity index (χ0n) is 10.6. The molecule has 0 saturated carbocycles. The molecule has 0 radical (unpaired) electrons. The average Bonchev–Trinajstić information content (AvgIpc) is 3.12. The summed E-state index contributed by atoms with van der Waals surface area (Å²) in [5.41, 5.74) is 0.738. The fourth-order valence-electron chi connectivity index (χ4n) is 1.44. The van der Waals surface area contributed by atoms with E-state index in [2.05, 4.69) is 20.5 Å². The number of hydrogen-bond acceptors (Lipinski definition) is 9. The van der Waals surface area contributed by atoms with Gasteiger partial charge in [-0.3, -0.25) is 10.1 Å². The quantitative estimate of drug-likeness (QED) is 0.522. The number of nitrogens with zero attached hydrogens (tertiary/aromatic N) is 4. The standard InChI is InChI=1S/C11H6ClN5O2S3/c12-6-3-1-2-4-7(6)14-9-15-16-11(21-9)22-10-13-5-8(20-10)17(18)19/h1-5H,(H,14,15). The molecule has 0 amide bonds. The Balaban J connectivity index is 1.71. The van der Waals surface area contributed by atoms with Crippen LogP contribution in [0.1, 0.15) is 0 Å². The Kier molecular flexibility index (Phi) is 4.52. The normalized spacial score (nSPS) is 10.6.